The van der Waals surface area contributed by atoms with E-state index in [-0.39, 0.29) is 5.91 Å². The van der Waals surface area contributed by atoms with Crippen LogP contribution < -0.4 is 5.32 Å². The Balaban J connectivity index is 1.40. The number of benzene rings is 1. The second-order valence-corrected chi connectivity index (χ2v) is 6.87. The predicted molar refractivity (Wildman–Crippen MR) is 104 cm³/mol. The molecule has 3 aromatic rings. The molecule has 3 heterocycles. The second kappa shape index (κ2) is 8.31. The summed E-state index contributed by atoms with van der Waals surface area (Å²) in [5.74, 6) is 0.0586. The van der Waals surface area contributed by atoms with Crippen molar-refractivity contribution >= 4 is 5.91 Å². The summed E-state index contributed by atoms with van der Waals surface area (Å²) in [6.45, 7) is 2.30. The number of nitrogens with zero attached hydrogens (tertiary/aromatic N) is 4. The Morgan fingerprint density at radius 3 is 2.68 bits per heavy atom. The lowest BCUT2D eigenvalue weighted by Gasteiger charge is -2.36. The molecule has 1 aliphatic heterocycles. The molecule has 1 aliphatic rings. The third-order valence-corrected chi connectivity index (χ3v) is 5.20. The van der Waals surface area contributed by atoms with Crippen molar-refractivity contribution in [2.24, 2.45) is 0 Å². The molecular formula is C21H23N5O2. The number of amides is 1. The van der Waals surface area contributed by atoms with Crippen LogP contribution in [0.25, 0.3) is 11.4 Å². The molecule has 1 amide bonds. The number of carbonyl (C=O) groups is 1. The Hall–Kier alpha value is -3.06. The van der Waals surface area contributed by atoms with Crippen LogP contribution in [0, 0.1) is 0 Å². The van der Waals surface area contributed by atoms with Crippen LogP contribution >= 0.6 is 0 Å². The fourth-order valence-electron chi connectivity index (χ4n) is 3.63. The summed E-state index contributed by atoms with van der Waals surface area (Å²) in [4.78, 5) is 21.4. The van der Waals surface area contributed by atoms with Crippen molar-refractivity contribution < 1.29 is 9.53 Å². The first-order chi connectivity index (χ1) is 13.8. The minimum atomic E-state index is -0.519. The SMILES string of the molecule is O=C(NCCn1ccc(-c2cnccn2)n1)C1(c2ccccc2)CCOCC1. The summed E-state index contributed by atoms with van der Waals surface area (Å²) in [5, 5.41) is 7.61. The smallest absolute Gasteiger partial charge is 0.230 e. The lowest BCUT2D eigenvalue weighted by Crippen LogP contribution is -2.48. The van der Waals surface area contributed by atoms with Gasteiger partial charge in [-0.1, -0.05) is 30.3 Å². The highest BCUT2D eigenvalue weighted by Gasteiger charge is 2.41. The fourth-order valence-corrected chi connectivity index (χ4v) is 3.63. The molecule has 0 atom stereocenters. The summed E-state index contributed by atoms with van der Waals surface area (Å²) < 4.78 is 7.32. The number of rotatable bonds is 6. The quantitative estimate of drug-likeness (QED) is 0.712. The van der Waals surface area contributed by atoms with Gasteiger partial charge in [0.2, 0.25) is 5.91 Å². The van der Waals surface area contributed by atoms with Crippen LogP contribution in [0.4, 0.5) is 0 Å². The maximum Gasteiger partial charge on any atom is 0.230 e. The molecule has 2 aromatic heterocycles. The highest BCUT2D eigenvalue weighted by Crippen LogP contribution is 2.35. The molecule has 1 N–H and O–H groups in total. The van der Waals surface area contributed by atoms with Crippen molar-refractivity contribution in [2.45, 2.75) is 24.8 Å². The van der Waals surface area contributed by atoms with Gasteiger partial charge in [0.1, 0.15) is 11.4 Å². The van der Waals surface area contributed by atoms with Crippen molar-refractivity contribution in [3.63, 3.8) is 0 Å². The molecule has 0 aliphatic carbocycles. The average Bonchev–Trinajstić information content (AvgIpc) is 3.24. The van der Waals surface area contributed by atoms with Gasteiger partial charge in [-0.25, -0.2) is 0 Å². The Kier molecular flexibility index (Phi) is 5.43. The third-order valence-electron chi connectivity index (χ3n) is 5.20. The summed E-state index contributed by atoms with van der Waals surface area (Å²) >= 11 is 0. The molecule has 1 saturated heterocycles. The predicted octanol–water partition coefficient (Wildman–Crippen LogP) is 2.20. The lowest BCUT2D eigenvalue weighted by atomic mass is 9.73. The highest BCUT2D eigenvalue weighted by molar-refractivity contribution is 5.88. The molecular weight excluding hydrogens is 354 g/mol. The molecule has 0 unspecified atom stereocenters. The van der Waals surface area contributed by atoms with E-state index in [1.807, 2.05) is 47.3 Å². The number of nitrogens with one attached hydrogen (secondary N) is 1. The van der Waals surface area contributed by atoms with Gasteiger partial charge in [-0.3, -0.25) is 19.4 Å². The van der Waals surface area contributed by atoms with E-state index in [4.69, 9.17) is 4.74 Å². The van der Waals surface area contributed by atoms with E-state index in [1.165, 1.54) is 0 Å². The van der Waals surface area contributed by atoms with Crippen LogP contribution in [0.1, 0.15) is 18.4 Å². The van der Waals surface area contributed by atoms with Gasteiger partial charge in [-0.15, -0.1) is 0 Å². The van der Waals surface area contributed by atoms with Gasteiger partial charge in [0, 0.05) is 38.3 Å². The van der Waals surface area contributed by atoms with Crippen LogP contribution in [0.5, 0.6) is 0 Å². The standard InChI is InChI=1S/C21H23N5O2/c27-20(21(7-14-28-15-8-21)17-4-2-1-3-5-17)24-11-13-26-12-6-18(25-26)19-16-22-9-10-23-19/h1-6,9-10,12,16H,7-8,11,13-15H2,(H,24,27). The first kappa shape index (κ1) is 18.3. The first-order valence-corrected chi connectivity index (χ1v) is 9.49. The number of aromatic nitrogens is 4. The van der Waals surface area contributed by atoms with Crippen LogP contribution in [0.15, 0.2) is 61.2 Å². The van der Waals surface area contributed by atoms with Crippen molar-refractivity contribution in [2.75, 3.05) is 19.8 Å². The Morgan fingerprint density at radius 1 is 1.11 bits per heavy atom. The van der Waals surface area contributed by atoms with Crippen molar-refractivity contribution in [3.8, 4) is 11.4 Å². The van der Waals surface area contributed by atoms with E-state index < -0.39 is 5.41 Å². The zero-order valence-electron chi connectivity index (χ0n) is 15.6. The molecule has 7 nitrogen and oxygen atoms in total. The van der Waals surface area contributed by atoms with Crippen LogP contribution in [0.3, 0.4) is 0 Å². The largest absolute Gasteiger partial charge is 0.381 e. The molecule has 7 heteroatoms. The van der Waals surface area contributed by atoms with E-state index in [9.17, 15) is 4.79 Å². The number of hydrogen-bond acceptors (Lipinski definition) is 5. The minimum Gasteiger partial charge on any atom is -0.381 e. The van der Waals surface area contributed by atoms with E-state index in [1.54, 1.807) is 18.6 Å². The van der Waals surface area contributed by atoms with Crippen molar-refractivity contribution in [1.82, 2.24) is 25.1 Å². The van der Waals surface area contributed by atoms with Gasteiger partial charge in [-0.2, -0.15) is 5.10 Å². The van der Waals surface area contributed by atoms with Gasteiger partial charge in [0.05, 0.1) is 18.2 Å². The lowest BCUT2D eigenvalue weighted by molar-refractivity contribution is -0.130. The van der Waals surface area contributed by atoms with Crippen molar-refractivity contribution in [3.05, 3.63) is 66.7 Å². The minimum absolute atomic E-state index is 0.0586. The highest BCUT2D eigenvalue weighted by atomic mass is 16.5. The molecule has 0 bridgehead atoms. The maximum absolute atomic E-state index is 13.1. The van der Waals surface area contributed by atoms with Gasteiger partial charge >= 0.3 is 0 Å². The third kappa shape index (κ3) is 3.80. The average molecular weight is 377 g/mol. The Bertz CT molecular complexity index is 905. The molecule has 28 heavy (non-hydrogen) atoms. The van der Waals surface area contributed by atoms with Crippen LogP contribution in [-0.2, 0) is 21.5 Å². The summed E-state index contributed by atoms with van der Waals surface area (Å²) in [6, 6.07) is 11.9. The Labute approximate surface area is 163 Å². The topological polar surface area (TPSA) is 81.9 Å². The monoisotopic (exact) mass is 377 g/mol. The summed E-state index contributed by atoms with van der Waals surface area (Å²) in [5.41, 5.74) is 2.04. The van der Waals surface area contributed by atoms with Crippen molar-refractivity contribution in [1.29, 1.82) is 0 Å². The van der Waals surface area contributed by atoms with Gasteiger partial charge in [0.15, 0.2) is 0 Å². The molecule has 1 fully saturated rings. The zero-order valence-corrected chi connectivity index (χ0v) is 15.6. The maximum atomic E-state index is 13.1. The summed E-state index contributed by atoms with van der Waals surface area (Å²) in [6.07, 6.45) is 8.24. The second-order valence-electron chi connectivity index (χ2n) is 6.87. The van der Waals surface area contributed by atoms with Gasteiger partial charge in [-0.05, 0) is 24.5 Å². The van der Waals surface area contributed by atoms with Gasteiger partial charge in [0.25, 0.3) is 0 Å². The number of carbonyl (C=O) groups excluding carboxylic acids is 1. The van der Waals surface area contributed by atoms with Crippen LogP contribution in [0.2, 0.25) is 0 Å². The number of ether oxygens (including phenoxy) is 1. The van der Waals surface area contributed by atoms with E-state index in [0.29, 0.717) is 39.1 Å². The van der Waals surface area contributed by atoms with E-state index in [2.05, 4.69) is 20.4 Å². The first-order valence-electron chi connectivity index (χ1n) is 9.49. The summed E-state index contributed by atoms with van der Waals surface area (Å²) in [7, 11) is 0. The fraction of sp³-hybridized carbons (Fsp3) is 0.333. The van der Waals surface area contributed by atoms with Gasteiger partial charge < -0.3 is 10.1 Å². The molecule has 0 radical (unpaired) electrons. The molecule has 1 aromatic carbocycles. The Morgan fingerprint density at radius 2 is 1.93 bits per heavy atom. The normalized spacial score (nSPS) is 15.9. The molecule has 0 spiro atoms. The number of hydrogen-bond donors (Lipinski definition) is 1. The van der Waals surface area contributed by atoms with E-state index in [0.717, 1.165) is 17.0 Å². The van der Waals surface area contributed by atoms with E-state index >= 15 is 0 Å². The molecule has 144 valence electrons. The molecule has 4 rings (SSSR count). The zero-order chi connectivity index (χ0) is 19.2. The molecule has 0 saturated carbocycles. The van der Waals surface area contributed by atoms with Crippen LogP contribution in [-0.4, -0.2) is 45.4 Å².